The predicted molar refractivity (Wildman–Crippen MR) is 76.4 cm³/mol. The Kier molecular flexibility index (Phi) is 4.16. The van der Waals surface area contributed by atoms with Crippen molar-refractivity contribution in [3.63, 3.8) is 0 Å². The van der Waals surface area contributed by atoms with Crippen LogP contribution < -0.4 is 10.2 Å². The Balaban J connectivity index is 1.86. The molecule has 1 aromatic rings. The number of carbonyl (C=O) groups is 1. The molecule has 1 heterocycles. The molecule has 1 unspecified atom stereocenters. The zero-order chi connectivity index (χ0) is 14.8. The number of nitrogens with one attached hydrogen (secondary N) is 1. The van der Waals surface area contributed by atoms with Crippen molar-refractivity contribution in [3.8, 4) is 0 Å². The van der Waals surface area contributed by atoms with Crippen LogP contribution in [0.1, 0.15) is 27.2 Å². The van der Waals surface area contributed by atoms with Crippen LogP contribution in [0.2, 0.25) is 0 Å². The van der Waals surface area contributed by atoms with Gasteiger partial charge in [-0.25, -0.2) is 9.18 Å². The normalized spacial score (nSPS) is 19.0. The van der Waals surface area contributed by atoms with E-state index in [0.717, 1.165) is 18.7 Å². The standard InChI is InChI=1S/C15H21FN2O2/c1-15(2,3)17-14(19)20-13-8-9-18(10-13)12-6-4-11(16)5-7-12/h4-7,13H,8-10H2,1-3H3,(H,17,19). The van der Waals surface area contributed by atoms with Crippen LogP contribution in [0.15, 0.2) is 24.3 Å². The van der Waals surface area contributed by atoms with Gasteiger partial charge in [-0.2, -0.15) is 0 Å². The summed E-state index contributed by atoms with van der Waals surface area (Å²) in [5.74, 6) is -0.245. The van der Waals surface area contributed by atoms with Crippen LogP contribution in [0.4, 0.5) is 14.9 Å². The lowest BCUT2D eigenvalue weighted by Crippen LogP contribution is -2.42. The van der Waals surface area contributed by atoms with Gasteiger partial charge < -0.3 is 15.0 Å². The molecule has 1 N–H and O–H groups in total. The highest BCUT2D eigenvalue weighted by Crippen LogP contribution is 2.22. The number of ether oxygens (including phenoxy) is 1. The van der Waals surface area contributed by atoms with Crippen molar-refractivity contribution in [3.05, 3.63) is 30.1 Å². The van der Waals surface area contributed by atoms with Gasteiger partial charge in [0.05, 0.1) is 6.54 Å². The Hall–Kier alpha value is -1.78. The fraction of sp³-hybridized carbons (Fsp3) is 0.533. The zero-order valence-corrected chi connectivity index (χ0v) is 12.1. The largest absolute Gasteiger partial charge is 0.444 e. The van der Waals surface area contributed by atoms with E-state index >= 15 is 0 Å². The summed E-state index contributed by atoms with van der Waals surface area (Å²) in [6.45, 7) is 7.18. The van der Waals surface area contributed by atoms with Crippen LogP contribution in [0.5, 0.6) is 0 Å². The first-order valence-electron chi connectivity index (χ1n) is 6.83. The quantitative estimate of drug-likeness (QED) is 0.905. The number of halogens is 1. The number of amides is 1. The second kappa shape index (κ2) is 5.69. The van der Waals surface area contributed by atoms with E-state index in [-0.39, 0.29) is 23.6 Å². The van der Waals surface area contributed by atoms with Gasteiger partial charge in [0.1, 0.15) is 11.9 Å². The number of alkyl carbamates (subject to hydrolysis) is 1. The van der Waals surface area contributed by atoms with Crippen LogP contribution in [0.25, 0.3) is 0 Å². The van der Waals surface area contributed by atoms with Gasteiger partial charge in [0.25, 0.3) is 0 Å². The smallest absolute Gasteiger partial charge is 0.407 e. The van der Waals surface area contributed by atoms with Gasteiger partial charge in [-0.15, -0.1) is 0 Å². The Bertz CT molecular complexity index is 468. The molecule has 1 aromatic carbocycles. The third kappa shape index (κ3) is 4.11. The van der Waals surface area contributed by atoms with Gasteiger partial charge in [0.15, 0.2) is 0 Å². The minimum Gasteiger partial charge on any atom is -0.444 e. The van der Waals surface area contributed by atoms with E-state index in [9.17, 15) is 9.18 Å². The van der Waals surface area contributed by atoms with E-state index < -0.39 is 0 Å². The summed E-state index contributed by atoms with van der Waals surface area (Å²) >= 11 is 0. The lowest BCUT2D eigenvalue weighted by Gasteiger charge is -2.22. The molecule has 4 nitrogen and oxygen atoms in total. The van der Waals surface area contributed by atoms with Crippen molar-refractivity contribution in [1.82, 2.24) is 5.32 Å². The number of benzene rings is 1. The molecule has 1 fully saturated rings. The SMILES string of the molecule is CC(C)(C)NC(=O)OC1CCN(c2ccc(F)cc2)C1. The van der Waals surface area contributed by atoms with Crippen LogP contribution in [-0.2, 0) is 4.74 Å². The Morgan fingerprint density at radius 2 is 2.00 bits per heavy atom. The second-order valence-electron chi connectivity index (χ2n) is 6.11. The number of carbonyl (C=O) groups excluding carboxylic acids is 1. The van der Waals surface area contributed by atoms with Crippen LogP contribution in [0.3, 0.4) is 0 Å². The van der Waals surface area contributed by atoms with Crippen LogP contribution in [0, 0.1) is 5.82 Å². The first-order chi connectivity index (χ1) is 9.33. The summed E-state index contributed by atoms with van der Waals surface area (Å²) in [6.07, 6.45) is 0.278. The fourth-order valence-electron chi connectivity index (χ4n) is 2.20. The highest BCUT2D eigenvalue weighted by molar-refractivity contribution is 5.68. The molecular weight excluding hydrogens is 259 g/mol. The lowest BCUT2D eigenvalue weighted by atomic mass is 10.1. The molecule has 110 valence electrons. The minimum atomic E-state index is -0.386. The molecule has 20 heavy (non-hydrogen) atoms. The summed E-state index contributed by atoms with van der Waals surface area (Å²) < 4.78 is 18.3. The average molecular weight is 280 g/mol. The summed E-state index contributed by atoms with van der Waals surface area (Å²) in [5.41, 5.74) is 0.653. The third-order valence-corrected chi connectivity index (χ3v) is 3.09. The summed E-state index contributed by atoms with van der Waals surface area (Å²) in [7, 11) is 0. The minimum absolute atomic E-state index is 0.123. The van der Waals surface area contributed by atoms with E-state index in [0.29, 0.717) is 6.54 Å². The van der Waals surface area contributed by atoms with Gasteiger partial charge in [-0.3, -0.25) is 0 Å². The Morgan fingerprint density at radius 3 is 2.60 bits per heavy atom. The molecule has 0 radical (unpaired) electrons. The van der Waals surface area contributed by atoms with Crippen molar-refractivity contribution in [2.75, 3.05) is 18.0 Å². The van der Waals surface area contributed by atoms with E-state index in [1.165, 1.54) is 12.1 Å². The van der Waals surface area contributed by atoms with E-state index in [1.807, 2.05) is 20.8 Å². The third-order valence-electron chi connectivity index (χ3n) is 3.09. The first kappa shape index (κ1) is 14.6. The zero-order valence-electron chi connectivity index (χ0n) is 12.1. The summed E-state index contributed by atoms with van der Waals surface area (Å²) in [5, 5.41) is 2.78. The fourth-order valence-corrected chi connectivity index (χ4v) is 2.20. The number of rotatable bonds is 2. The molecule has 1 aliphatic heterocycles. The highest BCUT2D eigenvalue weighted by Gasteiger charge is 2.27. The van der Waals surface area contributed by atoms with Gasteiger partial charge in [0, 0.05) is 24.2 Å². The molecule has 0 spiro atoms. The van der Waals surface area contributed by atoms with Crippen LogP contribution in [-0.4, -0.2) is 30.8 Å². The second-order valence-corrected chi connectivity index (χ2v) is 6.11. The van der Waals surface area contributed by atoms with Crippen molar-refractivity contribution in [2.45, 2.75) is 38.8 Å². The maximum atomic E-state index is 12.9. The van der Waals surface area contributed by atoms with Crippen LogP contribution >= 0.6 is 0 Å². The molecule has 1 amide bonds. The Morgan fingerprint density at radius 1 is 1.35 bits per heavy atom. The van der Waals surface area contributed by atoms with Crippen molar-refractivity contribution in [1.29, 1.82) is 0 Å². The molecular formula is C15H21FN2O2. The van der Waals surface area contributed by atoms with E-state index in [4.69, 9.17) is 4.74 Å². The van der Waals surface area contributed by atoms with E-state index in [1.54, 1.807) is 12.1 Å². The molecule has 1 aliphatic rings. The van der Waals surface area contributed by atoms with Gasteiger partial charge >= 0.3 is 6.09 Å². The molecule has 2 rings (SSSR count). The number of anilines is 1. The molecule has 0 aromatic heterocycles. The lowest BCUT2D eigenvalue weighted by molar-refractivity contribution is 0.101. The molecule has 1 saturated heterocycles. The Labute approximate surface area is 118 Å². The first-order valence-corrected chi connectivity index (χ1v) is 6.83. The van der Waals surface area contributed by atoms with Crippen molar-refractivity contribution >= 4 is 11.8 Å². The van der Waals surface area contributed by atoms with E-state index in [2.05, 4.69) is 10.2 Å². The van der Waals surface area contributed by atoms with Crippen molar-refractivity contribution < 1.29 is 13.9 Å². The molecule has 5 heteroatoms. The molecule has 0 bridgehead atoms. The maximum Gasteiger partial charge on any atom is 0.407 e. The van der Waals surface area contributed by atoms with Crippen molar-refractivity contribution in [2.24, 2.45) is 0 Å². The molecule has 1 atom stereocenters. The summed E-state index contributed by atoms with van der Waals surface area (Å²) in [6, 6.07) is 6.37. The average Bonchev–Trinajstić information content (AvgIpc) is 2.75. The number of nitrogens with zero attached hydrogens (tertiary/aromatic N) is 1. The van der Waals surface area contributed by atoms with Gasteiger partial charge in [0.2, 0.25) is 0 Å². The number of hydrogen-bond acceptors (Lipinski definition) is 3. The topological polar surface area (TPSA) is 41.6 Å². The number of hydrogen-bond donors (Lipinski definition) is 1. The molecule has 0 saturated carbocycles. The van der Waals surface area contributed by atoms with Gasteiger partial charge in [-0.1, -0.05) is 0 Å². The van der Waals surface area contributed by atoms with Gasteiger partial charge in [-0.05, 0) is 45.0 Å². The maximum absolute atomic E-state index is 12.9. The predicted octanol–water partition coefficient (Wildman–Crippen LogP) is 2.93. The monoisotopic (exact) mass is 280 g/mol. The highest BCUT2D eigenvalue weighted by atomic mass is 19.1. The summed E-state index contributed by atoms with van der Waals surface area (Å²) in [4.78, 5) is 13.8. The molecule has 0 aliphatic carbocycles.